The lowest BCUT2D eigenvalue weighted by Gasteiger charge is -2.27. The molecule has 0 saturated carbocycles. The second-order valence-corrected chi connectivity index (χ2v) is 10.9. The average Bonchev–Trinajstić information content (AvgIpc) is 2.60. The van der Waals surface area contributed by atoms with Crippen LogP contribution in [0.2, 0.25) is 0 Å². The van der Waals surface area contributed by atoms with Crippen LogP contribution in [0.5, 0.6) is 0 Å². The van der Waals surface area contributed by atoms with Gasteiger partial charge in [-0.05, 0) is 53.0 Å². The Morgan fingerprint density at radius 3 is 1.39 bits per heavy atom. The van der Waals surface area contributed by atoms with E-state index < -0.39 is 7.38 Å². The summed E-state index contributed by atoms with van der Waals surface area (Å²) in [7, 11) is -2.49. The van der Waals surface area contributed by atoms with E-state index in [0.717, 1.165) is 0 Å². The third-order valence-corrected chi connectivity index (χ3v) is 9.97. The van der Waals surface area contributed by atoms with Crippen molar-refractivity contribution in [2.24, 2.45) is 0 Å². The maximum absolute atomic E-state index is 7.45. The Hall–Kier alpha value is -1.83. The molecule has 0 aliphatic carbocycles. The minimum atomic E-state index is -2.49. The van der Waals surface area contributed by atoms with Crippen molar-refractivity contribution < 1.29 is 0 Å². The van der Waals surface area contributed by atoms with Gasteiger partial charge in [0.15, 0.2) is 0 Å². The zero-order chi connectivity index (χ0) is 16.4. The van der Waals surface area contributed by atoms with Gasteiger partial charge >= 0.3 is 0 Å². The van der Waals surface area contributed by atoms with Crippen LogP contribution in [0, 0.1) is 20.8 Å². The molecule has 0 amide bonds. The minimum Gasteiger partial charge on any atom is -0.149 e. The fourth-order valence-electron chi connectivity index (χ4n) is 3.07. The smallest absolute Gasteiger partial charge is 0.149 e. The lowest BCUT2D eigenvalue weighted by molar-refractivity contribution is 1.28. The molecule has 0 spiro atoms. The number of rotatable bonds is 3. The van der Waals surface area contributed by atoms with E-state index in [9.17, 15) is 0 Å². The van der Waals surface area contributed by atoms with Crippen LogP contribution in [0.25, 0.3) is 0 Å². The molecule has 0 unspecified atom stereocenters. The molecule has 0 aromatic heterocycles. The molecule has 0 fully saturated rings. The number of hydrogen-bond acceptors (Lipinski definition) is 0. The second kappa shape index (κ2) is 6.35. The Morgan fingerprint density at radius 1 is 0.609 bits per heavy atom. The SMILES string of the molecule is Cc1cc([Si](Cl)(c2ccccc2)c2ccccc2)cc(C)c1C. The first-order valence-electron chi connectivity index (χ1n) is 7.92. The van der Waals surface area contributed by atoms with Gasteiger partial charge in [0.25, 0.3) is 0 Å². The van der Waals surface area contributed by atoms with Crippen LogP contribution in [0.15, 0.2) is 72.8 Å². The van der Waals surface area contributed by atoms with Crippen molar-refractivity contribution in [2.75, 3.05) is 0 Å². The topological polar surface area (TPSA) is 0 Å². The van der Waals surface area contributed by atoms with Crippen molar-refractivity contribution in [1.29, 1.82) is 0 Å². The second-order valence-electron chi connectivity index (χ2n) is 6.13. The van der Waals surface area contributed by atoms with Crippen LogP contribution in [0.1, 0.15) is 16.7 Å². The van der Waals surface area contributed by atoms with E-state index in [1.54, 1.807) is 0 Å². The zero-order valence-corrected chi connectivity index (χ0v) is 15.6. The molecule has 3 aromatic carbocycles. The van der Waals surface area contributed by atoms with Gasteiger partial charge in [-0.15, -0.1) is 11.1 Å². The molecule has 0 bridgehead atoms. The number of hydrogen-bond donors (Lipinski definition) is 0. The largest absolute Gasteiger partial charge is 0.247 e. The fraction of sp³-hybridized carbons (Fsp3) is 0.143. The lowest BCUT2D eigenvalue weighted by atomic mass is 10.1. The Morgan fingerprint density at radius 2 is 1.00 bits per heavy atom. The first-order chi connectivity index (χ1) is 11.0. The summed E-state index contributed by atoms with van der Waals surface area (Å²) in [6.07, 6.45) is 0. The molecule has 0 heterocycles. The zero-order valence-electron chi connectivity index (χ0n) is 13.8. The lowest BCUT2D eigenvalue weighted by Crippen LogP contribution is -2.63. The number of benzene rings is 3. The highest BCUT2D eigenvalue weighted by molar-refractivity contribution is 7.40. The van der Waals surface area contributed by atoms with Crippen LogP contribution < -0.4 is 15.6 Å². The summed E-state index contributed by atoms with van der Waals surface area (Å²) in [4.78, 5) is 0. The summed E-state index contributed by atoms with van der Waals surface area (Å²) in [5.41, 5.74) is 3.97. The summed E-state index contributed by atoms with van der Waals surface area (Å²) >= 11 is 7.45. The summed E-state index contributed by atoms with van der Waals surface area (Å²) in [6, 6.07) is 25.6. The summed E-state index contributed by atoms with van der Waals surface area (Å²) in [6.45, 7) is 6.53. The molecule has 116 valence electrons. The Kier molecular flexibility index (Phi) is 4.43. The maximum atomic E-state index is 7.45. The van der Waals surface area contributed by atoms with Gasteiger partial charge in [-0.3, -0.25) is 0 Å². The van der Waals surface area contributed by atoms with Gasteiger partial charge in [0.05, 0.1) is 0 Å². The molecule has 0 nitrogen and oxygen atoms in total. The summed E-state index contributed by atoms with van der Waals surface area (Å²) in [5.74, 6) is 0. The minimum absolute atomic E-state index is 1.23. The molecule has 3 rings (SSSR count). The van der Waals surface area contributed by atoms with Gasteiger partial charge in [0, 0.05) is 0 Å². The standard InChI is InChI=1S/C21H21ClSi/c1-16-14-21(15-17(2)18(16)3)23(22,19-10-6-4-7-11-19)20-12-8-5-9-13-20/h4-15H,1-3H3. The highest BCUT2D eigenvalue weighted by Gasteiger charge is 2.38. The summed E-state index contributed by atoms with van der Waals surface area (Å²) < 4.78 is 0. The van der Waals surface area contributed by atoms with Crippen molar-refractivity contribution in [3.05, 3.63) is 89.5 Å². The van der Waals surface area contributed by atoms with Gasteiger partial charge in [-0.1, -0.05) is 72.8 Å². The van der Waals surface area contributed by atoms with E-state index in [4.69, 9.17) is 11.1 Å². The highest BCUT2D eigenvalue weighted by Crippen LogP contribution is 2.17. The van der Waals surface area contributed by atoms with E-state index in [-0.39, 0.29) is 0 Å². The normalized spacial score (nSPS) is 11.5. The van der Waals surface area contributed by atoms with Crippen molar-refractivity contribution in [1.82, 2.24) is 0 Å². The molecule has 2 heteroatoms. The van der Waals surface area contributed by atoms with Gasteiger partial charge < -0.3 is 0 Å². The molecule has 0 radical (unpaired) electrons. The van der Waals surface area contributed by atoms with Gasteiger partial charge in [0.1, 0.15) is 0 Å². The first kappa shape index (κ1) is 16.0. The molecule has 0 aliphatic heterocycles. The van der Waals surface area contributed by atoms with Crippen molar-refractivity contribution in [3.8, 4) is 0 Å². The van der Waals surface area contributed by atoms with Crippen molar-refractivity contribution in [2.45, 2.75) is 20.8 Å². The molecule has 3 aromatic rings. The summed E-state index contributed by atoms with van der Waals surface area (Å²) in [5, 5.41) is 3.73. The van der Waals surface area contributed by atoms with Gasteiger partial charge in [-0.2, -0.15) is 0 Å². The molecule has 0 atom stereocenters. The van der Waals surface area contributed by atoms with E-state index in [0.29, 0.717) is 0 Å². The fourth-order valence-corrected chi connectivity index (χ4v) is 7.29. The van der Waals surface area contributed by atoms with Gasteiger partial charge in [0.2, 0.25) is 7.38 Å². The van der Waals surface area contributed by atoms with Crippen molar-refractivity contribution >= 4 is 34.0 Å². The first-order valence-corrected chi connectivity index (χ1v) is 10.9. The highest BCUT2D eigenvalue weighted by atomic mass is 35.6. The Bertz CT molecular complexity index is 747. The number of halogens is 1. The Balaban J connectivity index is 2.29. The quantitative estimate of drug-likeness (QED) is 0.387. The van der Waals surface area contributed by atoms with Gasteiger partial charge in [-0.25, -0.2) is 0 Å². The van der Waals surface area contributed by atoms with E-state index in [2.05, 4.69) is 81.4 Å². The molecule has 23 heavy (non-hydrogen) atoms. The predicted octanol–water partition coefficient (Wildman–Crippen LogP) is 3.82. The van der Waals surface area contributed by atoms with Crippen LogP contribution in [-0.4, -0.2) is 7.38 Å². The van der Waals surface area contributed by atoms with E-state index in [1.807, 2.05) is 12.1 Å². The third kappa shape index (κ3) is 2.87. The molecule has 0 N–H and O–H groups in total. The maximum Gasteiger partial charge on any atom is 0.247 e. The number of aryl methyl sites for hydroxylation is 2. The van der Waals surface area contributed by atoms with Crippen LogP contribution in [0.3, 0.4) is 0 Å². The molecule has 0 aliphatic rings. The molecule has 0 saturated heterocycles. The third-order valence-electron chi connectivity index (χ3n) is 4.67. The van der Waals surface area contributed by atoms with E-state index >= 15 is 0 Å². The van der Waals surface area contributed by atoms with Crippen LogP contribution >= 0.6 is 11.1 Å². The Labute approximate surface area is 144 Å². The van der Waals surface area contributed by atoms with Crippen molar-refractivity contribution in [3.63, 3.8) is 0 Å². The van der Waals surface area contributed by atoms with Crippen LogP contribution in [0.4, 0.5) is 0 Å². The average molecular weight is 337 g/mol. The molecular formula is C21H21ClSi. The van der Waals surface area contributed by atoms with E-state index in [1.165, 1.54) is 32.3 Å². The molecular weight excluding hydrogens is 316 g/mol. The van der Waals surface area contributed by atoms with Crippen LogP contribution in [-0.2, 0) is 0 Å². The monoisotopic (exact) mass is 336 g/mol. The predicted molar refractivity (Wildman–Crippen MR) is 104 cm³/mol.